The largest absolute Gasteiger partial charge is 0.508 e. The van der Waals surface area contributed by atoms with Gasteiger partial charge in [0.25, 0.3) is 5.91 Å². The Hall–Kier alpha value is -1.55. The van der Waals surface area contributed by atoms with Crippen molar-refractivity contribution in [2.75, 3.05) is 6.61 Å². The van der Waals surface area contributed by atoms with Crippen molar-refractivity contribution in [3.8, 4) is 5.75 Å². The van der Waals surface area contributed by atoms with Gasteiger partial charge < -0.3 is 15.5 Å². The number of rotatable bonds is 3. The van der Waals surface area contributed by atoms with Crippen molar-refractivity contribution in [1.29, 1.82) is 0 Å². The smallest absolute Gasteiger partial charge is 0.251 e. The van der Waals surface area contributed by atoms with E-state index < -0.39 is 5.54 Å². The maximum absolute atomic E-state index is 12.0. The zero-order valence-electron chi connectivity index (χ0n) is 9.65. The zero-order valence-corrected chi connectivity index (χ0v) is 9.65. The maximum Gasteiger partial charge on any atom is 0.251 e. The van der Waals surface area contributed by atoms with Crippen molar-refractivity contribution in [3.05, 3.63) is 29.8 Å². The van der Waals surface area contributed by atoms with Crippen molar-refractivity contribution in [2.45, 2.75) is 31.2 Å². The number of hydrogen-bond donors (Lipinski definition) is 3. The number of carbonyl (C=O) groups excluding carboxylic acids is 1. The third kappa shape index (κ3) is 2.58. The Morgan fingerprint density at radius 2 is 2.06 bits per heavy atom. The molecule has 3 N–H and O–H groups in total. The van der Waals surface area contributed by atoms with Crippen LogP contribution in [0.5, 0.6) is 5.75 Å². The fourth-order valence-corrected chi connectivity index (χ4v) is 2.33. The lowest BCUT2D eigenvalue weighted by Crippen LogP contribution is -2.49. The number of carbonyl (C=O) groups is 1. The molecule has 1 aromatic rings. The Kier molecular flexibility index (Phi) is 3.33. The van der Waals surface area contributed by atoms with Crippen molar-refractivity contribution in [1.82, 2.24) is 5.32 Å². The van der Waals surface area contributed by atoms with E-state index in [1.54, 1.807) is 12.1 Å². The Bertz CT molecular complexity index is 411. The van der Waals surface area contributed by atoms with Gasteiger partial charge in [0, 0.05) is 5.56 Å². The first kappa shape index (κ1) is 11.9. The predicted molar refractivity (Wildman–Crippen MR) is 63.9 cm³/mol. The molecule has 1 aliphatic rings. The maximum atomic E-state index is 12.0. The molecule has 1 saturated carbocycles. The summed E-state index contributed by atoms with van der Waals surface area (Å²) in [4.78, 5) is 12.0. The van der Waals surface area contributed by atoms with Gasteiger partial charge in [0.05, 0.1) is 12.1 Å². The van der Waals surface area contributed by atoms with E-state index in [1.807, 2.05) is 0 Å². The molecule has 0 atom stereocenters. The van der Waals surface area contributed by atoms with Crippen molar-refractivity contribution in [3.63, 3.8) is 0 Å². The first-order valence-corrected chi connectivity index (χ1v) is 5.88. The standard InChI is InChI=1S/C13H17NO3/c15-9-13(6-1-2-7-13)14-12(17)10-4-3-5-11(16)8-10/h3-5,8,15-16H,1-2,6-7,9H2,(H,14,17). The first-order valence-electron chi connectivity index (χ1n) is 5.88. The Labute approximate surface area is 100 Å². The van der Waals surface area contributed by atoms with Crippen molar-refractivity contribution < 1.29 is 15.0 Å². The monoisotopic (exact) mass is 235 g/mol. The summed E-state index contributed by atoms with van der Waals surface area (Å²) in [5, 5.41) is 21.6. The van der Waals surface area contributed by atoms with E-state index in [0.29, 0.717) is 5.56 Å². The molecule has 92 valence electrons. The second-order valence-corrected chi connectivity index (χ2v) is 4.65. The molecule has 0 saturated heterocycles. The number of phenols is 1. The number of aromatic hydroxyl groups is 1. The summed E-state index contributed by atoms with van der Waals surface area (Å²) in [7, 11) is 0. The third-order valence-electron chi connectivity index (χ3n) is 3.35. The normalized spacial score (nSPS) is 17.9. The number of aliphatic hydroxyl groups is 1. The number of phenolic OH excluding ortho intramolecular Hbond substituents is 1. The lowest BCUT2D eigenvalue weighted by Gasteiger charge is -2.27. The van der Waals surface area contributed by atoms with E-state index in [9.17, 15) is 15.0 Å². The number of hydrogen-bond acceptors (Lipinski definition) is 3. The number of amides is 1. The van der Waals surface area contributed by atoms with E-state index in [-0.39, 0.29) is 18.3 Å². The molecule has 0 radical (unpaired) electrons. The zero-order chi connectivity index (χ0) is 12.3. The number of benzene rings is 1. The topological polar surface area (TPSA) is 69.6 Å². The molecule has 1 aromatic carbocycles. The molecule has 4 nitrogen and oxygen atoms in total. The van der Waals surface area contributed by atoms with Gasteiger partial charge in [-0.25, -0.2) is 0 Å². The molecule has 0 heterocycles. The van der Waals surface area contributed by atoms with Gasteiger partial charge in [-0.3, -0.25) is 4.79 Å². The van der Waals surface area contributed by atoms with Crippen LogP contribution in [0.15, 0.2) is 24.3 Å². The Balaban J connectivity index is 2.11. The predicted octanol–water partition coefficient (Wildman–Crippen LogP) is 1.43. The minimum absolute atomic E-state index is 0.0302. The van der Waals surface area contributed by atoms with Crippen LogP contribution in [-0.2, 0) is 0 Å². The summed E-state index contributed by atoms with van der Waals surface area (Å²) < 4.78 is 0. The van der Waals surface area contributed by atoms with E-state index in [1.165, 1.54) is 12.1 Å². The molecule has 1 amide bonds. The third-order valence-corrected chi connectivity index (χ3v) is 3.35. The summed E-state index contributed by atoms with van der Waals surface area (Å²) >= 11 is 0. The molecule has 17 heavy (non-hydrogen) atoms. The number of aliphatic hydroxyl groups excluding tert-OH is 1. The quantitative estimate of drug-likeness (QED) is 0.742. The van der Waals surface area contributed by atoms with Crippen LogP contribution in [0.25, 0.3) is 0 Å². The SMILES string of the molecule is O=C(NC1(CO)CCCC1)c1cccc(O)c1. The van der Waals surface area contributed by atoms with E-state index in [2.05, 4.69) is 5.32 Å². The molecule has 1 aliphatic carbocycles. The summed E-state index contributed by atoms with van der Waals surface area (Å²) in [5.74, 6) is -0.168. The van der Waals surface area contributed by atoms with E-state index in [4.69, 9.17) is 0 Å². The summed E-state index contributed by atoms with van der Waals surface area (Å²) in [6.07, 6.45) is 3.68. The Morgan fingerprint density at radius 1 is 1.35 bits per heavy atom. The first-order chi connectivity index (χ1) is 8.15. The fourth-order valence-electron chi connectivity index (χ4n) is 2.33. The van der Waals surface area contributed by atoms with Crippen molar-refractivity contribution >= 4 is 5.91 Å². The van der Waals surface area contributed by atoms with Gasteiger partial charge in [0.15, 0.2) is 0 Å². The molecule has 1 fully saturated rings. The average molecular weight is 235 g/mol. The van der Waals surface area contributed by atoms with Crippen molar-refractivity contribution in [2.24, 2.45) is 0 Å². The van der Waals surface area contributed by atoms with Crippen LogP contribution in [0.1, 0.15) is 36.0 Å². The molecule has 4 heteroatoms. The highest BCUT2D eigenvalue weighted by atomic mass is 16.3. The second-order valence-electron chi connectivity index (χ2n) is 4.65. The summed E-state index contributed by atoms with van der Waals surface area (Å²) in [6, 6.07) is 6.23. The van der Waals surface area contributed by atoms with Gasteiger partial charge in [-0.05, 0) is 31.0 Å². The minimum atomic E-state index is -0.470. The van der Waals surface area contributed by atoms with Crippen LogP contribution >= 0.6 is 0 Å². The van der Waals surface area contributed by atoms with Crippen LogP contribution in [0, 0.1) is 0 Å². The Morgan fingerprint density at radius 3 is 2.65 bits per heavy atom. The van der Waals surface area contributed by atoms with Crippen LogP contribution in [-0.4, -0.2) is 28.3 Å². The highest BCUT2D eigenvalue weighted by Crippen LogP contribution is 2.29. The van der Waals surface area contributed by atoms with Gasteiger partial charge in [-0.1, -0.05) is 18.9 Å². The molecule has 0 unspecified atom stereocenters. The van der Waals surface area contributed by atoms with Gasteiger partial charge in [-0.15, -0.1) is 0 Å². The number of nitrogens with one attached hydrogen (secondary N) is 1. The highest BCUT2D eigenvalue weighted by Gasteiger charge is 2.34. The molecule has 0 aliphatic heterocycles. The van der Waals surface area contributed by atoms with Gasteiger partial charge in [-0.2, -0.15) is 0 Å². The van der Waals surface area contributed by atoms with E-state index in [0.717, 1.165) is 25.7 Å². The fraction of sp³-hybridized carbons (Fsp3) is 0.462. The minimum Gasteiger partial charge on any atom is -0.508 e. The van der Waals surface area contributed by atoms with E-state index >= 15 is 0 Å². The molecular weight excluding hydrogens is 218 g/mol. The van der Waals surface area contributed by atoms with Crippen LogP contribution in [0.4, 0.5) is 0 Å². The average Bonchev–Trinajstić information content (AvgIpc) is 2.78. The van der Waals surface area contributed by atoms with Gasteiger partial charge in [0.2, 0.25) is 0 Å². The molecule has 0 bridgehead atoms. The molecule has 0 aromatic heterocycles. The molecule has 2 rings (SSSR count). The summed E-state index contributed by atoms with van der Waals surface area (Å²) in [5.41, 5.74) is -0.0487. The van der Waals surface area contributed by atoms with Crippen LogP contribution in [0.3, 0.4) is 0 Å². The lowest BCUT2D eigenvalue weighted by atomic mass is 9.98. The highest BCUT2D eigenvalue weighted by molar-refractivity contribution is 5.95. The van der Waals surface area contributed by atoms with Crippen LogP contribution < -0.4 is 5.32 Å². The molecule has 0 spiro atoms. The van der Waals surface area contributed by atoms with Gasteiger partial charge in [0.1, 0.15) is 5.75 Å². The second kappa shape index (κ2) is 4.75. The van der Waals surface area contributed by atoms with Crippen LogP contribution in [0.2, 0.25) is 0 Å². The van der Waals surface area contributed by atoms with Gasteiger partial charge >= 0.3 is 0 Å². The molecular formula is C13H17NO3. The lowest BCUT2D eigenvalue weighted by molar-refractivity contribution is 0.0838. The summed E-state index contributed by atoms with van der Waals surface area (Å²) in [6.45, 7) is -0.0302.